The fraction of sp³-hybridized carbons (Fsp3) is 0.542. The molecule has 1 N–H and O–H groups in total. The van der Waals surface area contributed by atoms with Crippen molar-refractivity contribution in [1.82, 2.24) is 9.97 Å². The van der Waals surface area contributed by atoms with Gasteiger partial charge in [0.15, 0.2) is 0 Å². The molecule has 0 amide bonds. The highest BCUT2D eigenvalue weighted by Crippen LogP contribution is 2.45. The van der Waals surface area contributed by atoms with Gasteiger partial charge in [-0.2, -0.15) is 0 Å². The lowest BCUT2D eigenvalue weighted by molar-refractivity contribution is -0.137. The molecule has 0 aliphatic heterocycles. The standard InChI is InChI=1S/C24H29FN2O4/c1-30-22-11-20(21(25)13-27-22)17-4-2-15(3-5-17)14-31-23-10-18(8-9-26-23)19(12-24(28)29)16-6-7-16/h8-11,13,15-17,19H,2-7,12,14H2,1H3,(H,28,29)/t15-,17-,19-/m0/s1. The molecule has 2 aliphatic rings. The third kappa shape index (κ3) is 5.51. The summed E-state index contributed by atoms with van der Waals surface area (Å²) in [6.07, 6.45) is 8.97. The SMILES string of the molecule is COc1cc([C@H]2CC[C@H](COc3cc([C@@H](CC(=O)O)C4CC4)ccn3)CC2)c(F)cn1. The number of pyridine rings is 2. The van der Waals surface area contributed by atoms with E-state index >= 15 is 0 Å². The third-order valence-corrected chi connectivity index (χ3v) is 6.60. The van der Waals surface area contributed by atoms with Crippen LogP contribution in [0, 0.1) is 17.7 Å². The molecule has 0 saturated heterocycles. The number of rotatable bonds is 9. The van der Waals surface area contributed by atoms with Crippen LogP contribution in [0.4, 0.5) is 4.39 Å². The molecule has 0 aromatic carbocycles. The number of halogens is 1. The maximum absolute atomic E-state index is 14.2. The number of ether oxygens (including phenoxy) is 2. The molecule has 2 saturated carbocycles. The zero-order valence-corrected chi connectivity index (χ0v) is 17.8. The first-order valence-electron chi connectivity index (χ1n) is 11.0. The van der Waals surface area contributed by atoms with Crippen molar-refractivity contribution < 1.29 is 23.8 Å². The highest BCUT2D eigenvalue weighted by Gasteiger charge is 2.34. The Morgan fingerprint density at radius 3 is 2.61 bits per heavy atom. The Morgan fingerprint density at radius 2 is 1.94 bits per heavy atom. The Kier molecular flexibility index (Phi) is 6.68. The molecule has 0 radical (unpaired) electrons. The highest BCUT2D eigenvalue weighted by molar-refractivity contribution is 5.68. The molecule has 0 bridgehead atoms. The van der Waals surface area contributed by atoms with E-state index in [1.54, 1.807) is 12.3 Å². The lowest BCUT2D eigenvalue weighted by atomic mass is 9.79. The van der Waals surface area contributed by atoms with Gasteiger partial charge in [-0.1, -0.05) is 0 Å². The van der Waals surface area contributed by atoms with Crippen molar-refractivity contribution in [2.75, 3.05) is 13.7 Å². The van der Waals surface area contributed by atoms with Crippen molar-refractivity contribution in [3.8, 4) is 11.8 Å². The summed E-state index contributed by atoms with van der Waals surface area (Å²) in [5, 5.41) is 9.23. The van der Waals surface area contributed by atoms with Gasteiger partial charge in [0, 0.05) is 18.3 Å². The van der Waals surface area contributed by atoms with E-state index in [1.807, 2.05) is 12.1 Å². The maximum atomic E-state index is 14.2. The van der Waals surface area contributed by atoms with Crippen LogP contribution in [0.25, 0.3) is 0 Å². The molecule has 2 heterocycles. The molecule has 2 aliphatic carbocycles. The Balaban J connectivity index is 1.31. The molecule has 4 rings (SSSR count). The quantitative estimate of drug-likeness (QED) is 0.609. The van der Waals surface area contributed by atoms with Gasteiger partial charge < -0.3 is 14.6 Å². The first-order chi connectivity index (χ1) is 15.0. The number of carbonyl (C=O) groups is 1. The normalized spacial score (nSPS) is 22.0. The first kappa shape index (κ1) is 21.5. The van der Waals surface area contributed by atoms with Crippen LogP contribution in [0.2, 0.25) is 0 Å². The summed E-state index contributed by atoms with van der Waals surface area (Å²) in [6.45, 7) is 0.568. The minimum Gasteiger partial charge on any atom is -0.481 e. The number of nitrogens with zero attached hydrogens (tertiary/aromatic N) is 2. The van der Waals surface area contributed by atoms with Gasteiger partial charge in [-0.3, -0.25) is 4.79 Å². The van der Waals surface area contributed by atoms with Crippen molar-refractivity contribution in [1.29, 1.82) is 0 Å². The molecule has 31 heavy (non-hydrogen) atoms. The van der Waals surface area contributed by atoms with Crippen LogP contribution in [-0.4, -0.2) is 34.8 Å². The van der Waals surface area contributed by atoms with Gasteiger partial charge in [-0.05, 0) is 79.4 Å². The van der Waals surface area contributed by atoms with Crippen molar-refractivity contribution in [3.63, 3.8) is 0 Å². The van der Waals surface area contributed by atoms with E-state index in [4.69, 9.17) is 9.47 Å². The van der Waals surface area contributed by atoms with E-state index in [2.05, 4.69) is 9.97 Å². The summed E-state index contributed by atoms with van der Waals surface area (Å²) < 4.78 is 25.3. The van der Waals surface area contributed by atoms with Crippen molar-refractivity contribution in [3.05, 3.63) is 47.5 Å². The smallest absolute Gasteiger partial charge is 0.303 e. The van der Waals surface area contributed by atoms with Gasteiger partial charge in [0.05, 0.1) is 26.3 Å². The minimum absolute atomic E-state index is 0.0329. The zero-order chi connectivity index (χ0) is 21.8. The van der Waals surface area contributed by atoms with E-state index in [0.717, 1.165) is 44.1 Å². The van der Waals surface area contributed by atoms with E-state index in [-0.39, 0.29) is 24.1 Å². The molecule has 2 aromatic heterocycles. The second-order valence-corrected chi connectivity index (χ2v) is 8.75. The summed E-state index contributed by atoms with van der Waals surface area (Å²) in [5.41, 5.74) is 1.69. The number of carboxylic acids is 1. The Labute approximate surface area is 181 Å². The molecular formula is C24H29FN2O4. The lowest BCUT2D eigenvalue weighted by Gasteiger charge is -2.29. The van der Waals surface area contributed by atoms with Gasteiger partial charge in [-0.25, -0.2) is 14.4 Å². The third-order valence-electron chi connectivity index (χ3n) is 6.60. The fourth-order valence-electron chi connectivity index (χ4n) is 4.68. The van der Waals surface area contributed by atoms with Crippen molar-refractivity contribution in [2.45, 2.75) is 56.8 Å². The summed E-state index contributed by atoms with van der Waals surface area (Å²) in [7, 11) is 1.54. The lowest BCUT2D eigenvalue weighted by Crippen LogP contribution is -2.20. The molecular weight excluding hydrogens is 399 g/mol. The average molecular weight is 429 g/mol. The van der Waals surface area contributed by atoms with Gasteiger partial charge in [0.2, 0.25) is 11.8 Å². The van der Waals surface area contributed by atoms with Crippen LogP contribution in [0.5, 0.6) is 11.8 Å². The fourth-order valence-corrected chi connectivity index (χ4v) is 4.68. The van der Waals surface area contributed by atoms with Gasteiger partial charge >= 0.3 is 5.97 Å². The minimum atomic E-state index is -0.767. The van der Waals surface area contributed by atoms with E-state index in [1.165, 1.54) is 13.3 Å². The average Bonchev–Trinajstić information content (AvgIpc) is 3.62. The number of methoxy groups -OCH3 is 1. The summed E-state index contributed by atoms with van der Waals surface area (Å²) in [5.74, 6) is 1.01. The van der Waals surface area contributed by atoms with Crippen molar-refractivity contribution in [2.24, 2.45) is 11.8 Å². The topological polar surface area (TPSA) is 81.5 Å². The number of hydrogen-bond acceptors (Lipinski definition) is 5. The van der Waals surface area contributed by atoms with Crippen LogP contribution < -0.4 is 9.47 Å². The summed E-state index contributed by atoms with van der Waals surface area (Å²) in [4.78, 5) is 19.5. The van der Waals surface area contributed by atoms with Crippen LogP contribution in [0.1, 0.15) is 67.9 Å². The molecule has 7 heteroatoms. The first-order valence-corrected chi connectivity index (χ1v) is 11.0. The van der Waals surface area contributed by atoms with Crippen LogP contribution in [0.15, 0.2) is 30.6 Å². The van der Waals surface area contributed by atoms with Gasteiger partial charge in [0.25, 0.3) is 0 Å². The van der Waals surface area contributed by atoms with E-state index < -0.39 is 5.97 Å². The molecule has 0 spiro atoms. The maximum Gasteiger partial charge on any atom is 0.303 e. The molecule has 6 nitrogen and oxygen atoms in total. The monoisotopic (exact) mass is 428 g/mol. The Bertz CT molecular complexity index is 910. The van der Waals surface area contributed by atoms with Crippen molar-refractivity contribution >= 4 is 5.97 Å². The van der Waals surface area contributed by atoms with Crippen LogP contribution in [-0.2, 0) is 4.79 Å². The molecule has 166 valence electrons. The predicted molar refractivity (Wildman–Crippen MR) is 113 cm³/mol. The Hall–Kier alpha value is -2.70. The van der Waals surface area contributed by atoms with E-state index in [9.17, 15) is 14.3 Å². The predicted octanol–water partition coefficient (Wildman–Crippen LogP) is 4.95. The highest BCUT2D eigenvalue weighted by atomic mass is 19.1. The molecule has 2 fully saturated rings. The molecule has 0 unspecified atom stereocenters. The second-order valence-electron chi connectivity index (χ2n) is 8.75. The molecule has 2 aromatic rings. The zero-order valence-electron chi connectivity index (χ0n) is 17.8. The number of hydrogen-bond donors (Lipinski definition) is 1. The number of aliphatic carboxylic acids is 1. The number of aromatic nitrogens is 2. The van der Waals surface area contributed by atoms with Crippen LogP contribution >= 0.6 is 0 Å². The van der Waals surface area contributed by atoms with Gasteiger partial charge in [-0.15, -0.1) is 0 Å². The summed E-state index contributed by atoms with van der Waals surface area (Å²) in [6, 6.07) is 5.51. The second kappa shape index (κ2) is 9.62. The molecule has 1 atom stereocenters. The Morgan fingerprint density at radius 1 is 1.16 bits per heavy atom. The summed E-state index contributed by atoms with van der Waals surface area (Å²) >= 11 is 0. The van der Waals surface area contributed by atoms with Gasteiger partial charge in [0.1, 0.15) is 5.82 Å². The van der Waals surface area contributed by atoms with Crippen LogP contribution in [0.3, 0.4) is 0 Å². The largest absolute Gasteiger partial charge is 0.481 e. The number of carboxylic acid groups (broad SMARTS) is 1. The van der Waals surface area contributed by atoms with E-state index in [0.29, 0.717) is 35.8 Å².